The topological polar surface area (TPSA) is 43.4 Å². The first-order valence-electron chi connectivity index (χ1n) is 6.35. The molecule has 0 aliphatic rings. The van der Waals surface area contributed by atoms with Crippen molar-refractivity contribution >= 4 is 35.0 Å². The van der Waals surface area contributed by atoms with Crippen LogP contribution >= 0.6 is 23.2 Å². The van der Waals surface area contributed by atoms with Gasteiger partial charge in [0.25, 0.3) is 0 Å². The molecular formula is C16H11Cl2FO3. The molecule has 0 saturated carbocycles. The van der Waals surface area contributed by atoms with Gasteiger partial charge in [0.2, 0.25) is 5.78 Å². The maximum absolute atomic E-state index is 13.4. The van der Waals surface area contributed by atoms with Crippen LogP contribution in [0.4, 0.5) is 4.39 Å². The molecule has 0 fully saturated rings. The third-order valence-electron chi connectivity index (χ3n) is 2.94. The molecule has 0 radical (unpaired) electrons. The van der Waals surface area contributed by atoms with Gasteiger partial charge in [0, 0.05) is 5.56 Å². The van der Waals surface area contributed by atoms with Gasteiger partial charge in [0.15, 0.2) is 6.10 Å². The van der Waals surface area contributed by atoms with Crippen molar-refractivity contribution in [2.75, 3.05) is 0 Å². The van der Waals surface area contributed by atoms with E-state index in [9.17, 15) is 14.0 Å². The predicted molar refractivity (Wildman–Crippen MR) is 82.1 cm³/mol. The fraction of sp³-hybridized carbons (Fsp3) is 0.125. The van der Waals surface area contributed by atoms with Crippen molar-refractivity contribution in [3.05, 3.63) is 69.5 Å². The minimum Gasteiger partial charge on any atom is -0.451 e. The number of Topliss-reactive ketones (excluding diaryl/α,β-unsaturated/α-hetero) is 1. The van der Waals surface area contributed by atoms with E-state index in [1.54, 1.807) is 30.3 Å². The Morgan fingerprint density at radius 3 is 2.36 bits per heavy atom. The molecular weight excluding hydrogens is 330 g/mol. The molecule has 2 rings (SSSR count). The Balaban J connectivity index is 2.15. The maximum atomic E-state index is 13.4. The average Bonchev–Trinajstić information content (AvgIpc) is 2.50. The first kappa shape index (κ1) is 16.5. The van der Waals surface area contributed by atoms with Crippen LogP contribution in [0, 0.1) is 5.82 Å². The fourth-order valence-corrected chi connectivity index (χ4v) is 2.25. The van der Waals surface area contributed by atoms with Crippen LogP contribution in [0.5, 0.6) is 0 Å². The van der Waals surface area contributed by atoms with Gasteiger partial charge < -0.3 is 4.74 Å². The highest BCUT2D eigenvalue weighted by atomic mass is 35.5. The zero-order valence-corrected chi connectivity index (χ0v) is 13.0. The molecule has 1 unspecified atom stereocenters. The standard InChI is InChI=1S/C16H11Cl2FO3/c1-9(15(20)10-5-3-2-4-6-10)22-16(21)11-7-14(19)13(18)8-12(11)17/h2-9H,1H3. The van der Waals surface area contributed by atoms with Crippen molar-refractivity contribution in [2.45, 2.75) is 13.0 Å². The second kappa shape index (κ2) is 6.90. The summed E-state index contributed by atoms with van der Waals surface area (Å²) >= 11 is 11.4. The van der Waals surface area contributed by atoms with Crippen LogP contribution in [-0.4, -0.2) is 17.9 Å². The first-order valence-corrected chi connectivity index (χ1v) is 7.10. The smallest absolute Gasteiger partial charge is 0.340 e. The van der Waals surface area contributed by atoms with Crippen LogP contribution in [0.15, 0.2) is 42.5 Å². The SMILES string of the molecule is CC(OC(=O)c1cc(F)c(Cl)cc1Cl)C(=O)c1ccccc1. The fourth-order valence-electron chi connectivity index (χ4n) is 1.79. The van der Waals surface area contributed by atoms with E-state index in [0.29, 0.717) is 5.56 Å². The molecule has 1 atom stereocenters. The molecule has 0 saturated heterocycles. The highest BCUT2D eigenvalue weighted by Gasteiger charge is 2.22. The predicted octanol–water partition coefficient (Wildman–Crippen LogP) is 4.56. The summed E-state index contributed by atoms with van der Waals surface area (Å²) in [4.78, 5) is 24.1. The number of carbonyl (C=O) groups excluding carboxylic acids is 2. The number of hydrogen-bond acceptors (Lipinski definition) is 3. The molecule has 0 N–H and O–H groups in total. The van der Waals surface area contributed by atoms with Crippen LogP contribution < -0.4 is 0 Å². The van der Waals surface area contributed by atoms with Crippen molar-refractivity contribution in [2.24, 2.45) is 0 Å². The highest BCUT2D eigenvalue weighted by Crippen LogP contribution is 2.25. The number of rotatable bonds is 4. The third kappa shape index (κ3) is 3.64. The van der Waals surface area contributed by atoms with Crippen LogP contribution in [0.3, 0.4) is 0 Å². The molecule has 3 nitrogen and oxygen atoms in total. The van der Waals surface area contributed by atoms with E-state index >= 15 is 0 Å². The van der Waals surface area contributed by atoms with E-state index in [1.807, 2.05) is 0 Å². The molecule has 2 aromatic rings. The van der Waals surface area contributed by atoms with Gasteiger partial charge in [0.05, 0.1) is 15.6 Å². The van der Waals surface area contributed by atoms with E-state index in [4.69, 9.17) is 27.9 Å². The Labute approximate surface area is 136 Å². The summed E-state index contributed by atoms with van der Waals surface area (Å²) in [5, 5.41) is -0.245. The van der Waals surface area contributed by atoms with Gasteiger partial charge in [-0.1, -0.05) is 53.5 Å². The number of esters is 1. The molecule has 0 amide bonds. The van der Waals surface area contributed by atoms with E-state index in [1.165, 1.54) is 6.92 Å². The first-order chi connectivity index (χ1) is 10.4. The number of halogens is 3. The summed E-state index contributed by atoms with van der Waals surface area (Å²) in [6.07, 6.45) is -1.02. The van der Waals surface area contributed by atoms with Gasteiger partial charge in [-0.05, 0) is 19.1 Å². The van der Waals surface area contributed by atoms with Crippen molar-refractivity contribution < 1.29 is 18.7 Å². The van der Waals surface area contributed by atoms with E-state index in [2.05, 4.69) is 0 Å². The molecule has 0 bridgehead atoms. The highest BCUT2D eigenvalue weighted by molar-refractivity contribution is 6.36. The Hall–Kier alpha value is -1.91. The number of benzene rings is 2. The molecule has 0 aliphatic carbocycles. The zero-order valence-electron chi connectivity index (χ0n) is 11.5. The van der Waals surface area contributed by atoms with Gasteiger partial charge >= 0.3 is 5.97 Å². The van der Waals surface area contributed by atoms with Gasteiger partial charge in [0.1, 0.15) is 5.82 Å². The van der Waals surface area contributed by atoms with Crippen LogP contribution in [0.1, 0.15) is 27.6 Å². The molecule has 2 aromatic carbocycles. The zero-order chi connectivity index (χ0) is 16.3. The van der Waals surface area contributed by atoms with E-state index in [0.717, 1.165) is 12.1 Å². The summed E-state index contributed by atoms with van der Waals surface area (Å²) in [6.45, 7) is 1.44. The molecule has 6 heteroatoms. The summed E-state index contributed by atoms with van der Waals surface area (Å²) < 4.78 is 18.5. The summed E-state index contributed by atoms with van der Waals surface area (Å²) in [6, 6.07) is 10.4. The van der Waals surface area contributed by atoms with Gasteiger partial charge in [-0.15, -0.1) is 0 Å². The molecule has 0 spiro atoms. The second-order valence-corrected chi connectivity index (χ2v) is 5.34. The Bertz CT molecular complexity index is 717. The maximum Gasteiger partial charge on any atom is 0.340 e. The average molecular weight is 341 g/mol. The minimum atomic E-state index is -1.02. The molecule has 114 valence electrons. The van der Waals surface area contributed by atoms with Crippen LogP contribution in [-0.2, 0) is 4.74 Å². The summed E-state index contributed by atoms with van der Waals surface area (Å²) in [7, 11) is 0. The Morgan fingerprint density at radius 2 is 1.73 bits per heavy atom. The number of ketones is 1. The van der Waals surface area contributed by atoms with E-state index in [-0.39, 0.29) is 21.4 Å². The van der Waals surface area contributed by atoms with Crippen molar-refractivity contribution in [1.82, 2.24) is 0 Å². The van der Waals surface area contributed by atoms with Crippen molar-refractivity contribution in [3.8, 4) is 0 Å². The van der Waals surface area contributed by atoms with Gasteiger partial charge in [-0.3, -0.25) is 4.79 Å². The molecule has 0 aliphatic heterocycles. The lowest BCUT2D eigenvalue weighted by Crippen LogP contribution is -2.24. The quantitative estimate of drug-likeness (QED) is 0.465. The molecule has 22 heavy (non-hydrogen) atoms. The Kier molecular flexibility index (Phi) is 5.16. The normalized spacial score (nSPS) is 11.8. The third-order valence-corrected chi connectivity index (χ3v) is 3.54. The van der Waals surface area contributed by atoms with Crippen LogP contribution in [0.25, 0.3) is 0 Å². The van der Waals surface area contributed by atoms with Crippen LogP contribution in [0.2, 0.25) is 10.0 Å². The summed E-state index contributed by atoms with van der Waals surface area (Å²) in [5.74, 6) is -2.04. The van der Waals surface area contributed by atoms with Crippen molar-refractivity contribution in [1.29, 1.82) is 0 Å². The molecule has 0 heterocycles. The summed E-state index contributed by atoms with van der Waals surface area (Å²) in [5.41, 5.74) is 0.229. The van der Waals surface area contributed by atoms with Gasteiger partial charge in [-0.2, -0.15) is 0 Å². The largest absolute Gasteiger partial charge is 0.451 e. The lowest BCUT2D eigenvalue weighted by Gasteiger charge is -2.13. The second-order valence-electron chi connectivity index (χ2n) is 4.52. The minimum absolute atomic E-state index is 0.0456. The van der Waals surface area contributed by atoms with E-state index < -0.39 is 17.9 Å². The van der Waals surface area contributed by atoms with Crippen molar-refractivity contribution in [3.63, 3.8) is 0 Å². The number of ether oxygens (including phenoxy) is 1. The lowest BCUT2D eigenvalue weighted by molar-refractivity contribution is 0.0318. The lowest BCUT2D eigenvalue weighted by atomic mass is 10.1. The molecule has 0 aromatic heterocycles. The monoisotopic (exact) mass is 340 g/mol. The number of carbonyl (C=O) groups is 2. The Morgan fingerprint density at radius 1 is 1.09 bits per heavy atom. The van der Waals surface area contributed by atoms with Gasteiger partial charge in [-0.25, -0.2) is 9.18 Å². The number of hydrogen-bond donors (Lipinski definition) is 0.